The van der Waals surface area contributed by atoms with Gasteiger partial charge in [0, 0.05) is 24.5 Å². The Kier molecular flexibility index (Phi) is 2.13. The molecule has 1 saturated carbocycles. The molecule has 0 aliphatic heterocycles. The van der Waals surface area contributed by atoms with Gasteiger partial charge in [-0.15, -0.1) is 0 Å². The Labute approximate surface area is 72.6 Å². The first kappa shape index (κ1) is 7.80. The summed E-state index contributed by atoms with van der Waals surface area (Å²) in [4.78, 5) is 0. The number of H-pyrrole nitrogens is 1. The Morgan fingerprint density at radius 3 is 3.17 bits per heavy atom. The van der Waals surface area contributed by atoms with Gasteiger partial charge in [0.2, 0.25) is 0 Å². The number of rotatable bonds is 4. The third-order valence-electron chi connectivity index (χ3n) is 2.50. The van der Waals surface area contributed by atoms with Crippen LogP contribution in [0.25, 0.3) is 0 Å². The Balaban J connectivity index is 1.74. The van der Waals surface area contributed by atoms with E-state index in [1.807, 2.05) is 6.07 Å². The summed E-state index contributed by atoms with van der Waals surface area (Å²) in [5, 5.41) is 10.3. The monoisotopic (exact) mass is 165 g/mol. The van der Waals surface area contributed by atoms with Crippen molar-refractivity contribution in [2.75, 3.05) is 0 Å². The first-order valence-corrected chi connectivity index (χ1v) is 4.58. The van der Waals surface area contributed by atoms with Crippen molar-refractivity contribution < 1.29 is 0 Å². The quantitative estimate of drug-likeness (QED) is 0.706. The van der Waals surface area contributed by atoms with E-state index in [0.717, 1.165) is 12.5 Å². The molecule has 66 valence electrons. The van der Waals surface area contributed by atoms with Crippen molar-refractivity contribution in [1.29, 1.82) is 0 Å². The van der Waals surface area contributed by atoms with E-state index in [1.165, 1.54) is 18.5 Å². The van der Waals surface area contributed by atoms with Gasteiger partial charge in [0.05, 0.1) is 0 Å². The lowest BCUT2D eigenvalue weighted by Crippen LogP contribution is -2.27. The largest absolute Gasteiger partial charge is 0.308 e. The molecule has 1 unspecified atom stereocenters. The van der Waals surface area contributed by atoms with Crippen molar-refractivity contribution in [3.8, 4) is 0 Å². The maximum Gasteiger partial charge on any atom is 0.0490 e. The molecule has 0 bridgehead atoms. The van der Waals surface area contributed by atoms with Gasteiger partial charge in [-0.3, -0.25) is 5.10 Å². The van der Waals surface area contributed by atoms with E-state index in [0.29, 0.717) is 6.04 Å². The second-order valence-electron chi connectivity index (χ2n) is 3.59. The molecule has 3 nitrogen and oxygen atoms in total. The van der Waals surface area contributed by atoms with Gasteiger partial charge in [0.25, 0.3) is 0 Å². The van der Waals surface area contributed by atoms with Gasteiger partial charge in [0.15, 0.2) is 0 Å². The minimum absolute atomic E-state index is 0.660. The summed E-state index contributed by atoms with van der Waals surface area (Å²) in [6.07, 6.45) is 4.59. The van der Waals surface area contributed by atoms with Crippen LogP contribution in [0.3, 0.4) is 0 Å². The molecule has 0 spiro atoms. The van der Waals surface area contributed by atoms with E-state index in [9.17, 15) is 0 Å². The van der Waals surface area contributed by atoms with Crippen LogP contribution >= 0.6 is 0 Å². The van der Waals surface area contributed by atoms with Gasteiger partial charge < -0.3 is 5.32 Å². The molecule has 0 saturated heterocycles. The van der Waals surface area contributed by atoms with E-state index in [2.05, 4.69) is 22.4 Å². The highest BCUT2D eigenvalue weighted by atomic mass is 15.1. The minimum Gasteiger partial charge on any atom is -0.308 e. The topological polar surface area (TPSA) is 40.7 Å². The number of nitrogens with one attached hydrogen (secondary N) is 2. The number of aromatic nitrogens is 2. The molecule has 0 amide bonds. The van der Waals surface area contributed by atoms with Crippen molar-refractivity contribution in [2.24, 2.45) is 5.92 Å². The smallest absolute Gasteiger partial charge is 0.0490 e. The van der Waals surface area contributed by atoms with Crippen LogP contribution in [0.1, 0.15) is 25.5 Å². The molecule has 1 aliphatic rings. The molecule has 12 heavy (non-hydrogen) atoms. The highest BCUT2D eigenvalue weighted by molar-refractivity contribution is 4.97. The molecule has 0 radical (unpaired) electrons. The van der Waals surface area contributed by atoms with Crippen molar-refractivity contribution in [1.82, 2.24) is 15.5 Å². The third-order valence-corrected chi connectivity index (χ3v) is 2.50. The van der Waals surface area contributed by atoms with Crippen molar-refractivity contribution in [2.45, 2.75) is 32.4 Å². The molecular weight excluding hydrogens is 150 g/mol. The molecule has 2 N–H and O–H groups in total. The van der Waals surface area contributed by atoms with E-state index in [4.69, 9.17) is 0 Å². The predicted molar refractivity (Wildman–Crippen MR) is 47.6 cm³/mol. The summed E-state index contributed by atoms with van der Waals surface area (Å²) in [6, 6.07) is 2.67. The highest BCUT2D eigenvalue weighted by Crippen LogP contribution is 2.32. The summed E-state index contributed by atoms with van der Waals surface area (Å²) in [6.45, 7) is 3.17. The van der Waals surface area contributed by atoms with E-state index >= 15 is 0 Å². The Morgan fingerprint density at radius 1 is 1.75 bits per heavy atom. The fourth-order valence-corrected chi connectivity index (χ4v) is 1.42. The second kappa shape index (κ2) is 3.27. The zero-order valence-corrected chi connectivity index (χ0v) is 7.38. The van der Waals surface area contributed by atoms with Crippen molar-refractivity contribution in [3.05, 3.63) is 18.0 Å². The standard InChI is InChI=1S/C9H15N3/c1-7(8-2-3-8)10-6-9-4-5-11-12-9/h4-5,7-8,10H,2-3,6H2,1H3,(H,11,12). The highest BCUT2D eigenvalue weighted by Gasteiger charge is 2.27. The maximum atomic E-state index is 3.90. The number of aromatic amines is 1. The van der Waals surface area contributed by atoms with Crippen LogP contribution in [0.2, 0.25) is 0 Å². The van der Waals surface area contributed by atoms with E-state index in [-0.39, 0.29) is 0 Å². The fourth-order valence-electron chi connectivity index (χ4n) is 1.42. The zero-order chi connectivity index (χ0) is 8.39. The molecule has 1 heterocycles. The number of hydrogen-bond acceptors (Lipinski definition) is 2. The Morgan fingerprint density at radius 2 is 2.58 bits per heavy atom. The third kappa shape index (κ3) is 1.85. The van der Waals surface area contributed by atoms with Crippen LogP contribution in [0.5, 0.6) is 0 Å². The molecule has 1 aromatic heterocycles. The van der Waals surface area contributed by atoms with Crippen molar-refractivity contribution in [3.63, 3.8) is 0 Å². The van der Waals surface area contributed by atoms with Crippen LogP contribution in [0.4, 0.5) is 0 Å². The lowest BCUT2D eigenvalue weighted by molar-refractivity contribution is 0.492. The molecular formula is C9H15N3. The normalized spacial score (nSPS) is 19.4. The molecule has 1 fully saturated rings. The minimum atomic E-state index is 0.660. The van der Waals surface area contributed by atoms with Gasteiger partial charge in [-0.2, -0.15) is 5.10 Å². The zero-order valence-electron chi connectivity index (χ0n) is 7.38. The Bertz CT molecular complexity index is 226. The van der Waals surface area contributed by atoms with Gasteiger partial charge in [-0.05, 0) is 31.7 Å². The van der Waals surface area contributed by atoms with Crippen LogP contribution < -0.4 is 5.32 Å². The lowest BCUT2D eigenvalue weighted by Gasteiger charge is -2.10. The lowest BCUT2D eigenvalue weighted by atomic mass is 10.2. The molecule has 1 aromatic rings. The first-order chi connectivity index (χ1) is 5.86. The van der Waals surface area contributed by atoms with Crippen LogP contribution in [0.15, 0.2) is 12.3 Å². The van der Waals surface area contributed by atoms with Crippen LogP contribution in [-0.2, 0) is 6.54 Å². The van der Waals surface area contributed by atoms with Gasteiger partial charge in [-0.25, -0.2) is 0 Å². The molecule has 1 atom stereocenters. The summed E-state index contributed by atoms with van der Waals surface area (Å²) in [5.74, 6) is 0.924. The van der Waals surface area contributed by atoms with E-state index in [1.54, 1.807) is 6.20 Å². The average molecular weight is 165 g/mol. The number of nitrogens with zero attached hydrogens (tertiary/aromatic N) is 1. The van der Waals surface area contributed by atoms with E-state index < -0.39 is 0 Å². The Hall–Kier alpha value is -0.830. The van der Waals surface area contributed by atoms with Gasteiger partial charge >= 0.3 is 0 Å². The first-order valence-electron chi connectivity index (χ1n) is 4.58. The predicted octanol–water partition coefficient (Wildman–Crippen LogP) is 1.30. The molecule has 0 aromatic carbocycles. The number of hydrogen-bond donors (Lipinski definition) is 2. The maximum absolute atomic E-state index is 3.90. The summed E-state index contributed by atoms with van der Waals surface area (Å²) >= 11 is 0. The summed E-state index contributed by atoms with van der Waals surface area (Å²) < 4.78 is 0. The summed E-state index contributed by atoms with van der Waals surface area (Å²) in [5.41, 5.74) is 1.17. The molecule has 1 aliphatic carbocycles. The summed E-state index contributed by atoms with van der Waals surface area (Å²) in [7, 11) is 0. The fraction of sp³-hybridized carbons (Fsp3) is 0.667. The van der Waals surface area contributed by atoms with Gasteiger partial charge in [0.1, 0.15) is 0 Å². The second-order valence-corrected chi connectivity index (χ2v) is 3.59. The molecule has 2 rings (SSSR count). The van der Waals surface area contributed by atoms with Crippen LogP contribution in [0, 0.1) is 5.92 Å². The SMILES string of the molecule is CC(NCc1ccn[nH]1)C1CC1. The molecule has 3 heteroatoms. The van der Waals surface area contributed by atoms with Crippen LogP contribution in [-0.4, -0.2) is 16.2 Å². The average Bonchev–Trinajstić information content (AvgIpc) is 2.80. The van der Waals surface area contributed by atoms with Gasteiger partial charge in [-0.1, -0.05) is 0 Å². The van der Waals surface area contributed by atoms with Crippen molar-refractivity contribution >= 4 is 0 Å².